The Morgan fingerprint density at radius 1 is 1.29 bits per heavy atom. The van der Waals surface area contributed by atoms with Crippen molar-refractivity contribution in [3.05, 3.63) is 0 Å². The molecule has 6 heteroatoms. The Morgan fingerprint density at radius 2 is 1.88 bits per heavy atom. The van der Waals surface area contributed by atoms with Crippen molar-refractivity contribution in [1.29, 1.82) is 0 Å². The van der Waals surface area contributed by atoms with E-state index >= 15 is 0 Å². The number of esters is 3. The summed E-state index contributed by atoms with van der Waals surface area (Å²) in [4.78, 5) is 44.4. The first-order chi connectivity index (χ1) is 8.04. The minimum atomic E-state index is -0.641. The van der Waals surface area contributed by atoms with Crippen molar-refractivity contribution < 1.29 is 28.7 Å². The van der Waals surface area contributed by atoms with Crippen LogP contribution in [0.4, 0.5) is 0 Å². The first-order valence-electron chi connectivity index (χ1n) is 5.44. The second-order valence-electron chi connectivity index (χ2n) is 4.54. The molecule has 1 aliphatic heterocycles. The van der Waals surface area contributed by atoms with Crippen LogP contribution in [0.3, 0.4) is 0 Å². The highest BCUT2D eigenvalue weighted by molar-refractivity contribution is 5.97. The number of carbonyl (C=O) groups excluding carboxylic acids is 4. The van der Waals surface area contributed by atoms with Crippen LogP contribution in [0.5, 0.6) is 0 Å². The Morgan fingerprint density at radius 3 is 2.47 bits per heavy atom. The van der Waals surface area contributed by atoms with Gasteiger partial charge in [0.15, 0.2) is 0 Å². The summed E-state index contributed by atoms with van der Waals surface area (Å²) < 4.78 is 8.85. The van der Waals surface area contributed by atoms with Crippen molar-refractivity contribution in [3.63, 3.8) is 0 Å². The number of hydrogen-bond donors (Lipinski definition) is 0. The minimum Gasteiger partial charge on any atom is -0.395 e. The Hall–Kier alpha value is -1.72. The molecule has 0 N–H and O–H groups in total. The molecule has 2 aliphatic rings. The second-order valence-corrected chi connectivity index (χ2v) is 4.54. The predicted octanol–water partition coefficient (Wildman–Crippen LogP) is 0.0479. The summed E-state index contributed by atoms with van der Waals surface area (Å²) in [6.07, 6.45) is 0.622. The first kappa shape index (κ1) is 11.8. The molecule has 1 heterocycles. The Kier molecular flexibility index (Phi) is 2.95. The molecule has 0 unspecified atom stereocenters. The normalized spacial score (nSPS) is 36.1. The minimum absolute atomic E-state index is 0.0826. The number of carbonyl (C=O) groups is 4. The molecule has 0 aromatic carbocycles. The van der Waals surface area contributed by atoms with E-state index in [-0.39, 0.29) is 18.8 Å². The maximum atomic E-state index is 11.5. The summed E-state index contributed by atoms with van der Waals surface area (Å²) in [6.45, 7) is 1.88. The zero-order valence-electron chi connectivity index (χ0n) is 9.25. The van der Waals surface area contributed by atoms with E-state index in [1.807, 2.05) is 0 Å². The molecule has 0 bridgehead atoms. The molecule has 4 atom stereocenters. The van der Waals surface area contributed by atoms with Gasteiger partial charge >= 0.3 is 24.4 Å². The van der Waals surface area contributed by atoms with Gasteiger partial charge < -0.3 is 9.47 Å². The maximum absolute atomic E-state index is 11.5. The van der Waals surface area contributed by atoms with E-state index < -0.39 is 35.7 Å². The molecule has 1 aliphatic carbocycles. The molecule has 17 heavy (non-hydrogen) atoms. The third-order valence-electron chi connectivity index (χ3n) is 3.58. The molecule has 0 amide bonds. The fourth-order valence-corrected chi connectivity index (χ4v) is 2.63. The average molecular weight is 240 g/mol. The Balaban J connectivity index is 2.14. The van der Waals surface area contributed by atoms with Crippen molar-refractivity contribution in [3.8, 4) is 0 Å². The SMILES string of the molecule is C[C@H]1C[C@@H]2C(=O)OC(=O)[C@@H]2C[C@H]1C(=O)OC=O. The number of cyclic esters (lactones) is 2. The highest BCUT2D eigenvalue weighted by atomic mass is 16.6. The third kappa shape index (κ3) is 1.94. The van der Waals surface area contributed by atoms with E-state index in [9.17, 15) is 19.2 Å². The Labute approximate surface area is 97.3 Å². The monoisotopic (exact) mass is 240 g/mol. The van der Waals surface area contributed by atoms with Crippen LogP contribution in [-0.2, 0) is 28.7 Å². The lowest BCUT2D eigenvalue weighted by atomic mass is 9.70. The van der Waals surface area contributed by atoms with Crippen LogP contribution in [-0.4, -0.2) is 24.4 Å². The van der Waals surface area contributed by atoms with Gasteiger partial charge in [-0.15, -0.1) is 0 Å². The summed E-state index contributed by atoms with van der Waals surface area (Å²) in [6, 6.07) is 0. The second kappa shape index (κ2) is 4.27. The molecule has 92 valence electrons. The standard InChI is InChI=1S/C11H12O6/c1-5-2-7-8(11(15)17-10(7)14)3-6(5)9(13)16-4-12/h4-8H,2-3H2,1H3/t5-,6+,7-,8+/m0/s1. The van der Waals surface area contributed by atoms with Crippen molar-refractivity contribution in [2.75, 3.05) is 0 Å². The molecular formula is C11H12O6. The van der Waals surface area contributed by atoms with E-state index in [1.54, 1.807) is 6.92 Å². The molecular weight excluding hydrogens is 228 g/mol. The van der Waals surface area contributed by atoms with Crippen LogP contribution in [0.1, 0.15) is 19.8 Å². The highest BCUT2D eigenvalue weighted by Crippen LogP contribution is 2.42. The zero-order valence-corrected chi connectivity index (χ0v) is 9.25. The number of ether oxygens (including phenoxy) is 2. The lowest BCUT2D eigenvalue weighted by Gasteiger charge is -2.31. The molecule has 6 nitrogen and oxygen atoms in total. The van der Waals surface area contributed by atoms with E-state index in [0.717, 1.165) is 0 Å². The fourth-order valence-electron chi connectivity index (χ4n) is 2.63. The van der Waals surface area contributed by atoms with Gasteiger partial charge in [0, 0.05) is 0 Å². The average Bonchev–Trinajstić information content (AvgIpc) is 2.53. The van der Waals surface area contributed by atoms with Gasteiger partial charge in [-0.2, -0.15) is 0 Å². The topological polar surface area (TPSA) is 86.7 Å². The van der Waals surface area contributed by atoms with E-state index in [4.69, 9.17) is 0 Å². The maximum Gasteiger partial charge on any atom is 0.317 e. The Bertz CT molecular complexity index is 387. The summed E-state index contributed by atoms with van der Waals surface area (Å²) >= 11 is 0. The predicted molar refractivity (Wildman–Crippen MR) is 52.1 cm³/mol. The molecule has 2 rings (SSSR count). The number of hydrogen-bond acceptors (Lipinski definition) is 6. The zero-order chi connectivity index (χ0) is 12.6. The molecule has 0 radical (unpaired) electrons. The molecule has 0 aromatic heterocycles. The summed E-state index contributed by atoms with van der Waals surface area (Å²) in [5.41, 5.74) is 0. The van der Waals surface area contributed by atoms with Crippen LogP contribution in [0.25, 0.3) is 0 Å². The summed E-state index contributed by atoms with van der Waals surface area (Å²) in [5.74, 6) is -3.37. The van der Waals surface area contributed by atoms with E-state index in [2.05, 4.69) is 9.47 Å². The molecule has 1 saturated carbocycles. The van der Waals surface area contributed by atoms with Gasteiger partial charge in [-0.05, 0) is 18.8 Å². The van der Waals surface area contributed by atoms with Gasteiger partial charge in [0.2, 0.25) is 0 Å². The molecule has 0 aromatic rings. The van der Waals surface area contributed by atoms with Crippen molar-refractivity contribution >= 4 is 24.4 Å². The molecule has 0 spiro atoms. The molecule has 2 fully saturated rings. The molecule has 1 saturated heterocycles. The quantitative estimate of drug-likeness (QED) is 0.385. The van der Waals surface area contributed by atoms with Gasteiger partial charge in [-0.1, -0.05) is 6.92 Å². The van der Waals surface area contributed by atoms with Crippen LogP contribution < -0.4 is 0 Å². The van der Waals surface area contributed by atoms with Crippen LogP contribution in [0.15, 0.2) is 0 Å². The van der Waals surface area contributed by atoms with Crippen molar-refractivity contribution in [1.82, 2.24) is 0 Å². The van der Waals surface area contributed by atoms with Crippen molar-refractivity contribution in [2.45, 2.75) is 19.8 Å². The largest absolute Gasteiger partial charge is 0.395 e. The third-order valence-corrected chi connectivity index (χ3v) is 3.58. The first-order valence-corrected chi connectivity index (χ1v) is 5.44. The van der Waals surface area contributed by atoms with Gasteiger partial charge in [-0.3, -0.25) is 19.2 Å². The number of fused-ring (bicyclic) bond motifs is 1. The van der Waals surface area contributed by atoms with Crippen LogP contribution >= 0.6 is 0 Å². The van der Waals surface area contributed by atoms with Gasteiger partial charge in [0.1, 0.15) is 0 Å². The smallest absolute Gasteiger partial charge is 0.317 e. The van der Waals surface area contributed by atoms with E-state index in [0.29, 0.717) is 6.42 Å². The summed E-state index contributed by atoms with van der Waals surface area (Å²) in [5, 5.41) is 0. The van der Waals surface area contributed by atoms with Gasteiger partial charge in [0.05, 0.1) is 17.8 Å². The highest BCUT2D eigenvalue weighted by Gasteiger charge is 2.51. The lowest BCUT2D eigenvalue weighted by Crippen LogP contribution is -2.37. The van der Waals surface area contributed by atoms with Crippen LogP contribution in [0.2, 0.25) is 0 Å². The van der Waals surface area contributed by atoms with Crippen molar-refractivity contribution in [2.24, 2.45) is 23.7 Å². The lowest BCUT2D eigenvalue weighted by molar-refractivity contribution is -0.158. The van der Waals surface area contributed by atoms with Gasteiger partial charge in [-0.25, -0.2) is 0 Å². The number of rotatable bonds is 2. The summed E-state index contributed by atoms with van der Waals surface area (Å²) in [7, 11) is 0. The van der Waals surface area contributed by atoms with E-state index in [1.165, 1.54) is 0 Å². The fraction of sp³-hybridized carbons (Fsp3) is 0.636. The van der Waals surface area contributed by atoms with Crippen LogP contribution in [0, 0.1) is 23.7 Å². The van der Waals surface area contributed by atoms with Gasteiger partial charge in [0.25, 0.3) is 0 Å².